The van der Waals surface area contributed by atoms with E-state index < -0.39 is 20.0 Å². The van der Waals surface area contributed by atoms with E-state index in [4.69, 9.17) is 11.6 Å². The Bertz CT molecular complexity index is 1310. The zero-order chi connectivity index (χ0) is 23.0. The zero-order valence-corrected chi connectivity index (χ0v) is 20.0. The molecule has 0 aliphatic rings. The zero-order valence-electron chi connectivity index (χ0n) is 17.6. The summed E-state index contributed by atoms with van der Waals surface area (Å²) < 4.78 is 55.1. The molecule has 164 valence electrons. The van der Waals surface area contributed by atoms with Gasteiger partial charge in [-0.25, -0.2) is 16.8 Å². The van der Waals surface area contributed by atoms with Crippen LogP contribution >= 0.6 is 11.6 Å². The van der Waals surface area contributed by atoms with Gasteiger partial charge in [0.1, 0.15) is 0 Å². The van der Waals surface area contributed by atoms with E-state index in [9.17, 15) is 16.8 Å². The van der Waals surface area contributed by atoms with Gasteiger partial charge >= 0.3 is 0 Å². The van der Waals surface area contributed by atoms with Crippen LogP contribution < -0.4 is 8.61 Å². The molecule has 0 heterocycles. The fourth-order valence-electron chi connectivity index (χ4n) is 3.26. The van der Waals surface area contributed by atoms with Gasteiger partial charge in [0, 0.05) is 19.1 Å². The average Bonchev–Trinajstić information content (AvgIpc) is 2.73. The Morgan fingerprint density at radius 2 is 1.29 bits per heavy atom. The molecule has 0 aromatic heterocycles. The molecule has 0 N–H and O–H groups in total. The van der Waals surface area contributed by atoms with Gasteiger partial charge in [-0.15, -0.1) is 0 Å². The van der Waals surface area contributed by atoms with E-state index in [-0.39, 0.29) is 15.5 Å². The van der Waals surface area contributed by atoms with Crippen molar-refractivity contribution in [1.29, 1.82) is 0 Å². The monoisotopic (exact) mass is 478 g/mol. The van der Waals surface area contributed by atoms with Crippen LogP contribution in [0.25, 0.3) is 0 Å². The molecule has 9 heteroatoms. The molecule has 3 aromatic carbocycles. The van der Waals surface area contributed by atoms with E-state index in [1.807, 2.05) is 0 Å². The number of anilines is 2. The lowest BCUT2D eigenvalue weighted by molar-refractivity contribution is 0.591. The van der Waals surface area contributed by atoms with Crippen LogP contribution in [0.15, 0.2) is 76.5 Å². The maximum Gasteiger partial charge on any atom is 0.264 e. The van der Waals surface area contributed by atoms with Crippen molar-refractivity contribution in [2.24, 2.45) is 0 Å². The van der Waals surface area contributed by atoms with E-state index in [0.717, 1.165) is 8.61 Å². The predicted octanol–water partition coefficient (Wildman–Crippen LogP) is 4.61. The largest absolute Gasteiger partial charge is 0.269 e. The first-order valence-corrected chi connectivity index (χ1v) is 12.6. The van der Waals surface area contributed by atoms with Crippen molar-refractivity contribution in [2.45, 2.75) is 23.6 Å². The summed E-state index contributed by atoms with van der Waals surface area (Å²) in [6.45, 7) is 3.43. The molecule has 0 saturated heterocycles. The van der Waals surface area contributed by atoms with Gasteiger partial charge in [0.05, 0.1) is 21.2 Å². The van der Waals surface area contributed by atoms with Gasteiger partial charge < -0.3 is 0 Å². The first-order valence-electron chi connectivity index (χ1n) is 9.36. The summed E-state index contributed by atoms with van der Waals surface area (Å²) in [7, 11) is -4.94. The minimum Gasteiger partial charge on any atom is -0.269 e. The summed E-state index contributed by atoms with van der Waals surface area (Å²) in [5.74, 6) is 0. The van der Waals surface area contributed by atoms with Crippen molar-refractivity contribution >= 4 is 43.0 Å². The molecule has 0 aliphatic heterocycles. The van der Waals surface area contributed by atoms with Gasteiger partial charge in [0.25, 0.3) is 20.0 Å². The van der Waals surface area contributed by atoms with Crippen LogP contribution in [-0.4, -0.2) is 30.9 Å². The van der Waals surface area contributed by atoms with E-state index in [1.54, 1.807) is 62.4 Å². The topological polar surface area (TPSA) is 74.8 Å². The molecule has 0 unspecified atom stereocenters. The molecule has 0 bridgehead atoms. The predicted molar refractivity (Wildman–Crippen MR) is 125 cm³/mol. The molecule has 6 nitrogen and oxygen atoms in total. The summed E-state index contributed by atoms with van der Waals surface area (Å²) in [5.41, 5.74) is 1.90. The lowest BCUT2D eigenvalue weighted by atomic mass is 10.1. The third-order valence-corrected chi connectivity index (χ3v) is 9.03. The summed E-state index contributed by atoms with van der Waals surface area (Å²) in [6.07, 6.45) is 0. The molecular formula is C22H23ClN2O4S2. The van der Waals surface area contributed by atoms with Gasteiger partial charge in [-0.05, 0) is 67.4 Å². The van der Waals surface area contributed by atoms with Gasteiger partial charge in [-0.2, -0.15) is 0 Å². The van der Waals surface area contributed by atoms with Crippen LogP contribution in [0, 0.1) is 13.8 Å². The number of hydrogen-bond acceptors (Lipinski definition) is 4. The van der Waals surface area contributed by atoms with E-state index in [2.05, 4.69) is 0 Å². The average molecular weight is 479 g/mol. The van der Waals surface area contributed by atoms with Crippen molar-refractivity contribution in [1.82, 2.24) is 0 Å². The number of halogens is 1. The normalized spacial score (nSPS) is 11.9. The first-order chi connectivity index (χ1) is 14.5. The number of benzene rings is 3. The Morgan fingerprint density at radius 1 is 0.710 bits per heavy atom. The van der Waals surface area contributed by atoms with Crippen molar-refractivity contribution in [3.05, 3.63) is 82.9 Å². The number of rotatable bonds is 6. The van der Waals surface area contributed by atoms with Gasteiger partial charge in [0.15, 0.2) is 0 Å². The second kappa shape index (κ2) is 8.53. The molecular weight excluding hydrogens is 456 g/mol. The second-order valence-electron chi connectivity index (χ2n) is 7.14. The van der Waals surface area contributed by atoms with E-state index in [1.165, 1.54) is 32.3 Å². The Labute approximate surface area is 188 Å². The third kappa shape index (κ3) is 4.42. The minimum atomic E-state index is -3.95. The standard InChI is InChI=1S/C22H23ClN2O4S2/c1-16-14-17(2)22(31(28,29)24(3)19-12-10-18(23)11-13-19)15-21(16)25(4)30(26,27)20-8-6-5-7-9-20/h5-15H,1-4H3. The highest BCUT2D eigenvalue weighted by Gasteiger charge is 2.28. The lowest BCUT2D eigenvalue weighted by Gasteiger charge is -2.25. The number of aryl methyl sites for hydroxylation is 2. The Morgan fingerprint density at radius 3 is 1.87 bits per heavy atom. The van der Waals surface area contributed by atoms with Crippen LogP contribution in [0.3, 0.4) is 0 Å². The van der Waals surface area contributed by atoms with Crippen LogP contribution in [0.5, 0.6) is 0 Å². The Balaban J connectivity index is 2.10. The molecule has 0 amide bonds. The fourth-order valence-corrected chi connectivity index (χ4v) is 6.08. The Hall–Kier alpha value is -2.55. The summed E-state index contributed by atoms with van der Waals surface area (Å²) in [4.78, 5) is 0.154. The molecule has 0 fully saturated rings. The molecule has 0 atom stereocenters. The van der Waals surface area contributed by atoms with E-state index >= 15 is 0 Å². The van der Waals surface area contributed by atoms with Crippen LogP contribution in [0.1, 0.15) is 11.1 Å². The lowest BCUT2D eigenvalue weighted by Crippen LogP contribution is -2.29. The van der Waals surface area contributed by atoms with Gasteiger partial charge in [-0.1, -0.05) is 35.9 Å². The minimum absolute atomic E-state index is 0.0284. The molecule has 0 saturated carbocycles. The number of hydrogen-bond donors (Lipinski definition) is 0. The molecule has 0 radical (unpaired) electrons. The summed E-state index contributed by atoms with van der Waals surface area (Å²) in [6, 6.07) is 17.5. The SMILES string of the molecule is Cc1cc(C)c(S(=O)(=O)N(C)c2ccc(Cl)cc2)cc1N(C)S(=O)(=O)c1ccccc1. The maximum atomic E-state index is 13.4. The summed E-state index contributed by atoms with van der Waals surface area (Å²) >= 11 is 5.91. The van der Waals surface area contributed by atoms with Gasteiger partial charge in [0.2, 0.25) is 0 Å². The summed E-state index contributed by atoms with van der Waals surface area (Å²) in [5, 5.41) is 0.496. The number of nitrogens with zero attached hydrogens (tertiary/aromatic N) is 2. The van der Waals surface area contributed by atoms with Gasteiger partial charge in [-0.3, -0.25) is 8.61 Å². The van der Waals surface area contributed by atoms with Crippen molar-refractivity contribution in [3.8, 4) is 0 Å². The highest BCUT2D eigenvalue weighted by atomic mass is 35.5. The Kier molecular flexibility index (Phi) is 6.36. The first kappa shape index (κ1) is 23.1. The molecule has 0 aliphatic carbocycles. The van der Waals surface area contributed by atoms with Crippen LogP contribution in [0.4, 0.5) is 11.4 Å². The molecule has 3 rings (SSSR count). The van der Waals surface area contributed by atoms with Crippen LogP contribution in [-0.2, 0) is 20.0 Å². The fraction of sp³-hybridized carbons (Fsp3) is 0.182. The number of sulfonamides is 2. The van der Waals surface area contributed by atoms with E-state index in [0.29, 0.717) is 21.8 Å². The third-order valence-electron chi connectivity index (χ3n) is 5.06. The molecule has 3 aromatic rings. The van der Waals surface area contributed by atoms with Crippen molar-refractivity contribution in [2.75, 3.05) is 22.7 Å². The van der Waals surface area contributed by atoms with Crippen LogP contribution in [0.2, 0.25) is 5.02 Å². The smallest absolute Gasteiger partial charge is 0.264 e. The second-order valence-corrected chi connectivity index (χ2v) is 11.5. The van der Waals surface area contributed by atoms with Crippen molar-refractivity contribution < 1.29 is 16.8 Å². The van der Waals surface area contributed by atoms with Crippen molar-refractivity contribution in [3.63, 3.8) is 0 Å². The molecule has 0 spiro atoms. The quantitative estimate of drug-likeness (QED) is 0.518. The highest BCUT2D eigenvalue weighted by molar-refractivity contribution is 7.93. The molecule has 31 heavy (non-hydrogen) atoms. The maximum absolute atomic E-state index is 13.4. The highest BCUT2D eigenvalue weighted by Crippen LogP contribution is 2.32.